The van der Waals surface area contributed by atoms with Crippen molar-refractivity contribution >= 4 is 23.4 Å². The van der Waals surface area contributed by atoms with Gasteiger partial charge in [0.2, 0.25) is 12.0 Å². The fourth-order valence-electron chi connectivity index (χ4n) is 2.06. The van der Waals surface area contributed by atoms with Crippen LogP contribution in [0, 0.1) is 0 Å². The van der Waals surface area contributed by atoms with Gasteiger partial charge in [0.05, 0.1) is 5.69 Å². The van der Waals surface area contributed by atoms with Gasteiger partial charge in [-0.2, -0.15) is 4.99 Å². The van der Waals surface area contributed by atoms with Gasteiger partial charge in [0.25, 0.3) is 0 Å². The van der Waals surface area contributed by atoms with Crippen LogP contribution < -0.4 is 5.32 Å². The molecule has 0 bridgehead atoms. The Morgan fingerprint density at radius 3 is 2.88 bits per heavy atom. The summed E-state index contributed by atoms with van der Waals surface area (Å²) in [4.78, 5) is 25.4. The largest absolute Gasteiger partial charge is 0.324 e. The quantitative estimate of drug-likeness (QED) is 0.578. The first-order chi connectivity index (χ1) is 7.54. The predicted molar refractivity (Wildman–Crippen MR) is 60.5 cm³/mol. The molecule has 0 spiro atoms. The van der Waals surface area contributed by atoms with Crippen molar-refractivity contribution in [2.45, 2.75) is 25.7 Å². The molecule has 1 N–H and O–H groups in total. The molecule has 1 aliphatic rings. The van der Waals surface area contributed by atoms with Crippen LogP contribution >= 0.6 is 0 Å². The van der Waals surface area contributed by atoms with E-state index < -0.39 is 0 Å². The van der Waals surface area contributed by atoms with Gasteiger partial charge in [-0.3, -0.25) is 4.79 Å². The van der Waals surface area contributed by atoms with Gasteiger partial charge in [-0.1, -0.05) is 26.0 Å². The molecule has 82 valence electrons. The van der Waals surface area contributed by atoms with Crippen LogP contribution in [0.3, 0.4) is 0 Å². The molecule has 0 saturated heterocycles. The fourth-order valence-corrected chi connectivity index (χ4v) is 2.06. The summed E-state index contributed by atoms with van der Waals surface area (Å²) in [6, 6.07) is 5.46. The summed E-state index contributed by atoms with van der Waals surface area (Å²) in [5.74, 6) is -0.0500. The van der Waals surface area contributed by atoms with E-state index in [1.807, 2.05) is 26.0 Å². The molecule has 16 heavy (non-hydrogen) atoms. The Morgan fingerprint density at radius 2 is 2.19 bits per heavy atom. The molecule has 0 aromatic heterocycles. The highest BCUT2D eigenvalue weighted by Crippen LogP contribution is 2.41. The molecular weight excluding hydrogens is 204 g/mol. The van der Waals surface area contributed by atoms with Crippen LogP contribution in [0.1, 0.15) is 25.8 Å². The number of para-hydroxylation sites is 1. The van der Waals surface area contributed by atoms with E-state index in [9.17, 15) is 9.59 Å². The van der Waals surface area contributed by atoms with E-state index in [0.29, 0.717) is 17.8 Å². The molecule has 1 amide bonds. The van der Waals surface area contributed by atoms with Gasteiger partial charge in [-0.25, -0.2) is 4.79 Å². The summed E-state index contributed by atoms with van der Waals surface area (Å²) in [5.41, 5.74) is 1.87. The molecule has 0 aliphatic carbocycles. The minimum absolute atomic E-state index is 0.0500. The molecule has 0 fully saturated rings. The average molecular weight is 216 g/mol. The highest BCUT2D eigenvalue weighted by molar-refractivity contribution is 5.98. The Labute approximate surface area is 93.4 Å². The number of carbonyl (C=O) groups excluding carboxylic acids is 2. The predicted octanol–water partition coefficient (Wildman–Crippen LogP) is 2.27. The van der Waals surface area contributed by atoms with Crippen LogP contribution in [0.15, 0.2) is 23.2 Å². The molecule has 0 unspecified atom stereocenters. The smallest absolute Gasteiger partial charge is 0.240 e. The average Bonchev–Trinajstić information content (AvgIpc) is 2.18. The summed E-state index contributed by atoms with van der Waals surface area (Å²) in [6.45, 7) is 4.00. The normalized spacial score (nSPS) is 17.0. The lowest BCUT2D eigenvalue weighted by atomic mass is 9.78. The van der Waals surface area contributed by atoms with E-state index in [4.69, 9.17) is 0 Å². The number of hydrogen-bond acceptors (Lipinski definition) is 3. The number of hydrogen-bond donors (Lipinski definition) is 1. The number of rotatable bonds is 1. The number of carbonyl (C=O) groups is 1. The molecule has 1 heterocycles. The summed E-state index contributed by atoms with van der Waals surface area (Å²) in [6.07, 6.45) is 1.94. The summed E-state index contributed by atoms with van der Waals surface area (Å²) >= 11 is 0. The molecule has 1 aliphatic heterocycles. The molecule has 1 aromatic carbocycles. The van der Waals surface area contributed by atoms with Crippen molar-refractivity contribution in [3.8, 4) is 0 Å². The molecule has 1 aromatic rings. The number of anilines is 1. The molecule has 4 nitrogen and oxygen atoms in total. The Hall–Kier alpha value is -1.93. The fraction of sp³-hybridized carbons (Fsp3) is 0.333. The maximum atomic E-state index is 11.5. The van der Waals surface area contributed by atoms with Gasteiger partial charge in [0.15, 0.2) is 0 Å². The summed E-state index contributed by atoms with van der Waals surface area (Å²) in [5, 5.41) is 2.76. The van der Waals surface area contributed by atoms with Gasteiger partial charge >= 0.3 is 0 Å². The van der Waals surface area contributed by atoms with Crippen LogP contribution in [0.4, 0.5) is 11.4 Å². The third-order valence-corrected chi connectivity index (χ3v) is 2.80. The molecule has 0 radical (unpaired) electrons. The minimum atomic E-state index is -0.230. The summed E-state index contributed by atoms with van der Waals surface area (Å²) < 4.78 is 0. The molecular formula is C12H12N2O2. The van der Waals surface area contributed by atoms with Crippen molar-refractivity contribution in [2.24, 2.45) is 4.99 Å². The van der Waals surface area contributed by atoms with E-state index in [1.54, 1.807) is 6.07 Å². The van der Waals surface area contributed by atoms with Crippen molar-refractivity contribution in [3.05, 3.63) is 23.8 Å². The monoisotopic (exact) mass is 216 g/mol. The van der Waals surface area contributed by atoms with Crippen molar-refractivity contribution in [2.75, 3.05) is 5.32 Å². The van der Waals surface area contributed by atoms with E-state index in [0.717, 1.165) is 5.56 Å². The van der Waals surface area contributed by atoms with Gasteiger partial charge < -0.3 is 5.32 Å². The standard InChI is InChI=1S/C12H12N2O2/c1-12(2)6-10(16)14-11-8(12)4-3-5-9(11)13-7-15/h3-5H,6H2,1-2H3,(H,14,16). The number of benzene rings is 1. The Balaban J connectivity index is 2.66. The number of amides is 1. The second-order valence-corrected chi connectivity index (χ2v) is 4.51. The number of nitrogens with zero attached hydrogens (tertiary/aromatic N) is 1. The van der Waals surface area contributed by atoms with Gasteiger partial charge in [0, 0.05) is 11.8 Å². The third kappa shape index (κ3) is 1.64. The number of fused-ring (bicyclic) bond motifs is 1. The Kier molecular flexibility index (Phi) is 2.37. The van der Waals surface area contributed by atoms with Gasteiger partial charge in [-0.05, 0) is 11.6 Å². The first-order valence-corrected chi connectivity index (χ1v) is 5.06. The maximum Gasteiger partial charge on any atom is 0.240 e. The Morgan fingerprint density at radius 1 is 1.44 bits per heavy atom. The minimum Gasteiger partial charge on any atom is -0.324 e. The highest BCUT2D eigenvalue weighted by Gasteiger charge is 2.32. The highest BCUT2D eigenvalue weighted by atomic mass is 16.1. The second-order valence-electron chi connectivity index (χ2n) is 4.51. The lowest BCUT2D eigenvalue weighted by molar-refractivity contribution is -0.117. The third-order valence-electron chi connectivity index (χ3n) is 2.80. The SMILES string of the molecule is CC1(C)CC(=O)Nc2c(N=C=O)cccc21. The van der Waals surface area contributed by atoms with Crippen LogP contribution in [-0.4, -0.2) is 12.0 Å². The van der Waals surface area contributed by atoms with Crippen molar-refractivity contribution < 1.29 is 9.59 Å². The van der Waals surface area contributed by atoms with Crippen molar-refractivity contribution in [3.63, 3.8) is 0 Å². The topological polar surface area (TPSA) is 58.5 Å². The zero-order chi connectivity index (χ0) is 11.8. The molecule has 4 heteroatoms. The Bertz CT molecular complexity index is 500. The lowest BCUT2D eigenvalue weighted by Crippen LogP contribution is -2.32. The van der Waals surface area contributed by atoms with Gasteiger partial charge in [-0.15, -0.1) is 0 Å². The second kappa shape index (κ2) is 3.58. The molecule has 2 rings (SSSR count). The van der Waals surface area contributed by atoms with Gasteiger partial charge in [0.1, 0.15) is 5.69 Å². The number of nitrogens with one attached hydrogen (secondary N) is 1. The van der Waals surface area contributed by atoms with Crippen LogP contribution in [0.25, 0.3) is 0 Å². The molecule has 0 saturated carbocycles. The van der Waals surface area contributed by atoms with Crippen LogP contribution in [0.5, 0.6) is 0 Å². The first kappa shape index (κ1) is 10.6. The van der Waals surface area contributed by atoms with E-state index in [2.05, 4.69) is 10.3 Å². The molecule has 0 atom stereocenters. The lowest BCUT2D eigenvalue weighted by Gasteiger charge is -2.32. The number of isocyanates is 1. The maximum absolute atomic E-state index is 11.5. The van der Waals surface area contributed by atoms with E-state index >= 15 is 0 Å². The van der Waals surface area contributed by atoms with Crippen LogP contribution in [-0.2, 0) is 15.0 Å². The zero-order valence-corrected chi connectivity index (χ0v) is 9.20. The first-order valence-electron chi connectivity index (χ1n) is 5.06. The van der Waals surface area contributed by atoms with Crippen LogP contribution in [0.2, 0.25) is 0 Å². The van der Waals surface area contributed by atoms with E-state index in [-0.39, 0.29) is 11.3 Å². The van der Waals surface area contributed by atoms with E-state index in [1.165, 1.54) is 6.08 Å². The zero-order valence-electron chi connectivity index (χ0n) is 9.20. The summed E-state index contributed by atoms with van der Waals surface area (Å²) in [7, 11) is 0. The van der Waals surface area contributed by atoms with Crippen molar-refractivity contribution in [1.82, 2.24) is 0 Å². The number of aliphatic imine (C=N–C) groups is 1. The van der Waals surface area contributed by atoms with Crippen molar-refractivity contribution in [1.29, 1.82) is 0 Å².